The number of aryl methyl sites for hydroxylation is 3. The fourth-order valence-corrected chi connectivity index (χ4v) is 4.21. The van der Waals surface area contributed by atoms with Crippen molar-refractivity contribution in [1.29, 1.82) is 0 Å². The number of benzene rings is 1. The maximum Gasteiger partial charge on any atom is 0.303 e. The van der Waals surface area contributed by atoms with Crippen molar-refractivity contribution < 1.29 is 38.1 Å². The first kappa shape index (κ1) is 30.0. The molecule has 13 heteroatoms. The third-order valence-corrected chi connectivity index (χ3v) is 6.08. The lowest BCUT2D eigenvalue weighted by molar-refractivity contribution is -0.190. The highest BCUT2D eigenvalue weighted by atomic mass is 16.6. The van der Waals surface area contributed by atoms with E-state index in [0.29, 0.717) is 16.9 Å². The number of ether oxygens (including phenoxy) is 4. The molecule has 3 atom stereocenters. The van der Waals surface area contributed by atoms with Crippen LogP contribution in [-0.4, -0.2) is 67.9 Å². The summed E-state index contributed by atoms with van der Waals surface area (Å²) >= 11 is 0. The number of rotatable bonds is 10. The summed E-state index contributed by atoms with van der Waals surface area (Å²) in [6.07, 6.45) is -0.940. The van der Waals surface area contributed by atoms with Gasteiger partial charge in [0.2, 0.25) is 0 Å². The van der Waals surface area contributed by atoms with Crippen molar-refractivity contribution in [3.05, 3.63) is 46.0 Å². The molecule has 2 aromatic heterocycles. The van der Waals surface area contributed by atoms with Crippen molar-refractivity contribution in [2.75, 3.05) is 6.61 Å². The van der Waals surface area contributed by atoms with Crippen LogP contribution in [0.3, 0.4) is 0 Å². The molecule has 0 aliphatic rings. The zero-order valence-corrected chi connectivity index (χ0v) is 23.4. The highest BCUT2D eigenvalue weighted by Gasteiger charge is 2.39. The molecule has 0 amide bonds. The van der Waals surface area contributed by atoms with Crippen LogP contribution in [0.5, 0.6) is 0 Å². The van der Waals surface area contributed by atoms with Gasteiger partial charge in [-0.15, -0.1) is 0 Å². The topological polar surface area (TPSA) is 158 Å². The van der Waals surface area contributed by atoms with E-state index in [2.05, 4.69) is 9.97 Å². The SMILES string of the molecule is CC(=O)OC[C@@H](OC(C)=O)[C@@H](OC(C)=O)[C@H](Cn1c(=O)c(-c2nccn2C)nc2cc(C)c(C)cc21)OC(C)=O. The van der Waals surface area contributed by atoms with Gasteiger partial charge in [-0.1, -0.05) is 0 Å². The molecule has 0 aliphatic carbocycles. The van der Waals surface area contributed by atoms with Gasteiger partial charge in [-0.2, -0.15) is 0 Å². The van der Waals surface area contributed by atoms with Gasteiger partial charge < -0.3 is 28.1 Å². The summed E-state index contributed by atoms with van der Waals surface area (Å²) in [7, 11) is 1.72. The lowest BCUT2D eigenvalue weighted by Gasteiger charge is -2.32. The Hall–Kier alpha value is -4.55. The van der Waals surface area contributed by atoms with Crippen LogP contribution in [0, 0.1) is 13.8 Å². The van der Waals surface area contributed by atoms with E-state index in [-0.39, 0.29) is 12.2 Å². The smallest absolute Gasteiger partial charge is 0.303 e. The maximum atomic E-state index is 13.9. The number of hydrogen-bond donors (Lipinski definition) is 0. The molecule has 0 unspecified atom stereocenters. The normalized spacial score (nSPS) is 13.3. The summed E-state index contributed by atoms with van der Waals surface area (Å²) in [5.41, 5.74) is 2.21. The monoisotopic (exact) mass is 556 g/mol. The lowest BCUT2D eigenvalue weighted by Crippen LogP contribution is -2.50. The molecular formula is C27H32N4O9. The second-order valence-corrected chi connectivity index (χ2v) is 9.34. The van der Waals surface area contributed by atoms with Gasteiger partial charge >= 0.3 is 23.9 Å². The van der Waals surface area contributed by atoms with Crippen LogP contribution in [0.1, 0.15) is 38.8 Å². The van der Waals surface area contributed by atoms with Gasteiger partial charge in [-0.05, 0) is 37.1 Å². The predicted octanol–water partition coefficient (Wildman–Crippen LogP) is 1.77. The van der Waals surface area contributed by atoms with Crippen LogP contribution in [-0.2, 0) is 51.7 Å². The van der Waals surface area contributed by atoms with Gasteiger partial charge in [-0.3, -0.25) is 24.0 Å². The van der Waals surface area contributed by atoms with Crippen LogP contribution in [0.4, 0.5) is 0 Å². The summed E-state index contributed by atoms with van der Waals surface area (Å²) in [5.74, 6) is -2.66. The maximum absolute atomic E-state index is 13.9. The number of nitrogens with zero attached hydrogens (tertiary/aromatic N) is 4. The summed E-state index contributed by atoms with van der Waals surface area (Å²) in [5, 5.41) is 0. The van der Waals surface area contributed by atoms with Crippen molar-refractivity contribution in [2.24, 2.45) is 7.05 Å². The molecule has 1 aromatic carbocycles. The zero-order valence-electron chi connectivity index (χ0n) is 23.4. The highest BCUT2D eigenvalue weighted by Crippen LogP contribution is 2.23. The zero-order chi connectivity index (χ0) is 29.7. The van der Waals surface area contributed by atoms with Crippen LogP contribution in [0.25, 0.3) is 22.6 Å². The van der Waals surface area contributed by atoms with Gasteiger partial charge in [0.1, 0.15) is 6.61 Å². The summed E-state index contributed by atoms with van der Waals surface area (Å²) < 4.78 is 24.4. The molecule has 3 aromatic rings. The molecule has 2 heterocycles. The van der Waals surface area contributed by atoms with Gasteiger partial charge in [0.25, 0.3) is 5.56 Å². The predicted molar refractivity (Wildman–Crippen MR) is 141 cm³/mol. The fourth-order valence-electron chi connectivity index (χ4n) is 4.21. The van der Waals surface area contributed by atoms with Crippen LogP contribution in [0.15, 0.2) is 29.3 Å². The molecule has 214 valence electrons. The Morgan fingerprint density at radius 1 is 0.875 bits per heavy atom. The third-order valence-electron chi connectivity index (χ3n) is 6.08. The van der Waals surface area contributed by atoms with E-state index in [1.54, 1.807) is 23.9 Å². The van der Waals surface area contributed by atoms with E-state index in [1.807, 2.05) is 19.9 Å². The third kappa shape index (κ3) is 7.10. The number of esters is 4. The first-order valence-corrected chi connectivity index (χ1v) is 12.4. The Morgan fingerprint density at radius 3 is 2.02 bits per heavy atom. The lowest BCUT2D eigenvalue weighted by atomic mass is 10.1. The van der Waals surface area contributed by atoms with Gasteiger partial charge in [0.05, 0.1) is 17.6 Å². The Bertz CT molecular complexity index is 1510. The molecular weight excluding hydrogens is 524 g/mol. The van der Waals surface area contributed by atoms with E-state index < -0.39 is 54.4 Å². The summed E-state index contributed by atoms with van der Waals surface area (Å²) in [6, 6.07) is 3.59. The number of imidazole rings is 1. The molecule has 0 N–H and O–H groups in total. The Kier molecular flexibility index (Phi) is 9.40. The Balaban J connectivity index is 2.25. The van der Waals surface area contributed by atoms with E-state index in [4.69, 9.17) is 18.9 Å². The van der Waals surface area contributed by atoms with Crippen molar-refractivity contribution in [3.8, 4) is 11.5 Å². The molecule has 0 saturated carbocycles. The molecule has 0 radical (unpaired) electrons. The fraction of sp³-hybridized carbons (Fsp3) is 0.444. The van der Waals surface area contributed by atoms with E-state index in [9.17, 15) is 24.0 Å². The van der Waals surface area contributed by atoms with Crippen LogP contribution in [0.2, 0.25) is 0 Å². The van der Waals surface area contributed by atoms with Crippen LogP contribution < -0.4 is 5.56 Å². The van der Waals surface area contributed by atoms with Crippen molar-refractivity contribution in [3.63, 3.8) is 0 Å². The number of aromatic nitrogens is 4. The molecule has 0 bridgehead atoms. The molecule has 0 spiro atoms. The minimum absolute atomic E-state index is 0.0466. The van der Waals surface area contributed by atoms with Gasteiger partial charge in [-0.25, -0.2) is 9.97 Å². The Morgan fingerprint density at radius 2 is 1.48 bits per heavy atom. The summed E-state index contributed by atoms with van der Waals surface area (Å²) in [4.78, 5) is 70.6. The minimum atomic E-state index is -1.44. The molecule has 0 aliphatic heterocycles. The van der Waals surface area contributed by atoms with E-state index >= 15 is 0 Å². The van der Waals surface area contributed by atoms with E-state index in [0.717, 1.165) is 38.8 Å². The van der Waals surface area contributed by atoms with Gasteiger partial charge in [0, 0.05) is 47.1 Å². The molecule has 3 rings (SSSR count). The van der Waals surface area contributed by atoms with Crippen molar-refractivity contribution in [2.45, 2.75) is 66.4 Å². The average Bonchev–Trinajstić information content (AvgIpc) is 3.27. The number of carbonyl (C=O) groups excluding carboxylic acids is 4. The Labute approximate surface area is 230 Å². The highest BCUT2D eigenvalue weighted by molar-refractivity contribution is 5.79. The first-order chi connectivity index (χ1) is 18.8. The second-order valence-electron chi connectivity index (χ2n) is 9.34. The minimum Gasteiger partial charge on any atom is -0.462 e. The van der Waals surface area contributed by atoms with Crippen molar-refractivity contribution in [1.82, 2.24) is 19.1 Å². The average molecular weight is 557 g/mol. The quantitative estimate of drug-likeness (QED) is 0.265. The molecule has 0 fully saturated rings. The molecule has 13 nitrogen and oxygen atoms in total. The van der Waals surface area contributed by atoms with Crippen molar-refractivity contribution >= 4 is 34.9 Å². The standard InChI is InChI=1S/C27H32N4O9/c1-14-10-20-21(11-15(14)2)31(27(36)24(29-20)26-28-8-9-30(26)7)12-22(38-17(4)33)25(40-19(6)35)23(39-18(5)34)13-37-16(3)32/h8-11,22-23,25H,12-13H2,1-7H3/t22-,23+,25-/m0/s1. The number of carbonyl (C=O) groups is 4. The second kappa shape index (κ2) is 12.5. The van der Waals surface area contributed by atoms with Gasteiger partial charge in [0.15, 0.2) is 29.8 Å². The molecule has 40 heavy (non-hydrogen) atoms. The first-order valence-electron chi connectivity index (χ1n) is 12.4. The summed E-state index contributed by atoms with van der Waals surface area (Å²) in [6.45, 7) is 7.50. The van der Waals surface area contributed by atoms with E-state index in [1.165, 1.54) is 10.8 Å². The largest absolute Gasteiger partial charge is 0.462 e. The number of hydrogen-bond acceptors (Lipinski definition) is 11. The number of fused-ring (bicyclic) bond motifs is 1. The van der Waals surface area contributed by atoms with Crippen LogP contribution >= 0.6 is 0 Å². The molecule has 0 saturated heterocycles.